The molecule has 1 aromatic carbocycles. The highest BCUT2D eigenvalue weighted by molar-refractivity contribution is 7.93. The fraction of sp³-hybridized carbons (Fsp3) is 0.231. The van der Waals surface area contributed by atoms with Crippen LogP contribution in [0.4, 0.5) is 0 Å². The molecule has 1 aromatic heterocycles. The second-order valence-electron chi connectivity index (χ2n) is 4.23. The fourth-order valence-corrected chi connectivity index (χ4v) is 4.10. The first-order valence-corrected chi connectivity index (χ1v) is 8.14. The van der Waals surface area contributed by atoms with Gasteiger partial charge in [0.15, 0.2) is 0 Å². The molecule has 0 aliphatic heterocycles. The molecule has 20 heavy (non-hydrogen) atoms. The molecule has 0 saturated heterocycles. The molecule has 110 valence electrons. The summed E-state index contributed by atoms with van der Waals surface area (Å²) in [6.07, 6.45) is 0.524. The summed E-state index contributed by atoms with van der Waals surface area (Å²) < 4.78 is 24.8. The van der Waals surface area contributed by atoms with Gasteiger partial charge in [-0.05, 0) is 35.6 Å². The molecule has 0 unspecified atom stereocenters. The number of benzene rings is 1. The lowest BCUT2D eigenvalue weighted by molar-refractivity contribution is 0.265. The molecule has 7 heteroatoms. The van der Waals surface area contributed by atoms with E-state index in [0.29, 0.717) is 10.6 Å². The Hall–Kier alpha value is -0.920. The second kappa shape index (κ2) is 7.19. The standard InChI is InChI=1S/C13H15NO3S2.ClH/c14-11(9-15)8-10-3-5-12(6-4-10)19(16,17)13-2-1-7-18-13;/h1-7,11,15H,8-9,14H2;1H/t11-;/m0./s1. The predicted octanol–water partition coefficient (Wildman–Crippen LogP) is 1.86. The number of sulfone groups is 1. The predicted molar refractivity (Wildman–Crippen MR) is 82.2 cm³/mol. The zero-order valence-electron chi connectivity index (χ0n) is 10.6. The lowest BCUT2D eigenvalue weighted by Crippen LogP contribution is -2.26. The van der Waals surface area contributed by atoms with E-state index in [1.807, 2.05) is 0 Å². The molecule has 0 aliphatic rings. The summed E-state index contributed by atoms with van der Waals surface area (Å²) in [7, 11) is -3.41. The van der Waals surface area contributed by atoms with Crippen LogP contribution in [0.2, 0.25) is 0 Å². The minimum atomic E-state index is -3.41. The monoisotopic (exact) mass is 333 g/mol. The molecule has 1 atom stereocenters. The third kappa shape index (κ3) is 3.80. The molecule has 1 heterocycles. The topological polar surface area (TPSA) is 80.4 Å². The summed E-state index contributed by atoms with van der Waals surface area (Å²) >= 11 is 1.20. The molecular formula is C13H16ClNO3S2. The highest BCUT2D eigenvalue weighted by Gasteiger charge is 2.18. The van der Waals surface area contributed by atoms with Gasteiger partial charge in [0.05, 0.1) is 11.5 Å². The first-order valence-electron chi connectivity index (χ1n) is 5.78. The highest BCUT2D eigenvalue weighted by atomic mass is 35.5. The Morgan fingerprint density at radius 1 is 1.20 bits per heavy atom. The van der Waals surface area contributed by atoms with Crippen molar-refractivity contribution in [2.24, 2.45) is 5.73 Å². The van der Waals surface area contributed by atoms with E-state index in [-0.39, 0.29) is 30.0 Å². The molecule has 0 spiro atoms. The van der Waals surface area contributed by atoms with Crippen LogP contribution in [0.1, 0.15) is 5.56 Å². The van der Waals surface area contributed by atoms with Crippen molar-refractivity contribution < 1.29 is 13.5 Å². The van der Waals surface area contributed by atoms with Crippen LogP contribution in [0.5, 0.6) is 0 Å². The van der Waals surface area contributed by atoms with Gasteiger partial charge < -0.3 is 10.8 Å². The highest BCUT2D eigenvalue weighted by Crippen LogP contribution is 2.25. The lowest BCUT2D eigenvalue weighted by atomic mass is 10.1. The Balaban J connectivity index is 0.00000200. The van der Waals surface area contributed by atoms with Crippen LogP contribution in [0.25, 0.3) is 0 Å². The maximum atomic E-state index is 12.2. The van der Waals surface area contributed by atoms with Gasteiger partial charge in [-0.15, -0.1) is 23.7 Å². The number of hydrogen-bond acceptors (Lipinski definition) is 5. The molecule has 0 bridgehead atoms. The Morgan fingerprint density at radius 2 is 1.85 bits per heavy atom. The molecule has 3 N–H and O–H groups in total. The largest absolute Gasteiger partial charge is 0.395 e. The van der Waals surface area contributed by atoms with Crippen molar-refractivity contribution in [2.45, 2.75) is 21.6 Å². The van der Waals surface area contributed by atoms with Gasteiger partial charge >= 0.3 is 0 Å². The zero-order chi connectivity index (χ0) is 13.9. The van der Waals surface area contributed by atoms with Crippen LogP contribution in [-0.4, -0.2) is 26.2 Å². The minimum Gasteiger partial charge on any atom is -0.395 e. The second-order valence-corrected chi connectivity index (χ2v) is 7.35. The minimum absolute atomic E-state index is 0. The van der Waals surface area contributed by atoms with E-state index in [2.05, 4.69) is 0 Å². The number of halogens is 1. The first kappa shape index (κ1) is 17.1. The Bertz CT molecular complexity index is 624. The van der Waals surface area contributed by atoms with Crippen molar-refractivity contribution in [3.05, 3.63) is 47.3 Å². The number of rotatable bonds is 5. The number of nitrogens with two attached hydrogens (primary N) is 1. The van der Waals surface area contributed by atoms with Crippen LogP contribution in [-0.2, 0) is 16.3 Å². The number of hydrogen-bond donors (Lipinski definition) is 2. The normalized spacial score (nSPS) is 12.7. The maximum Gasteiger partial charge on any atom is 0.215 e. The Labute approximate surface area is 128 Å². The number of thiophene rings is 1. The van der Waals surface area contributed by atoms with E-state index in [9.17, 15) is 8.42 Å². The molecular weight excluding hydrogens is 318 g/mol. The van der Waals surface area contributed by atoms with Gasteiger partial charge in [-0.1, -0.05) is 18.2 Å². The molecule has 0 radical (unpaired) electrons. The number of aliphatic hydroxyl groups is 1. The third-order valence-electron chi connectivity index (χ3n) is 2.73. The summed E-state index contributed by atoms with van der Waals surface area (Å²) in [5, 5.41) is 10.6. The van der Waals surface area contributed by atoms with E-state index in [1.165, 1.54) is 11.3 Å². The van der Waals surface area contributed by atoms with Gasteiger partial charge in [0, 0.05) is 6.04 Å². The quantitative estimate of drug-likeness (QED) is 0.875. The smallest absolute Gasteiger partial charge is 0.215 e. The molecule has 0 fully saturated rings. The summed E-state index contributed by atoms with van der Waals surface area (Å²) in [5.74, 6) is 0. The Morgan fingerprint density at radius 3 is 2.35 bits per heavy atom. The van der Waals surface area contributed by atoms with E-state index in [0.717, 1.165) is 5.56 Å². The van der Waals surface area contributed by atoms with Gasteiger partial charge in [0.25, 0.3) is 0 Å². The van der Waals surface area contributed by atoms with Crippen molar-refractivity contribution in [1.82, 2.24) is 0 Å². The number of aliphatic hydroxyl groups excluding tert-OH is 1. The SMILES string of the molecule is Cl.N[C@H](CO)Cc1ccc(S(=O)(=O)c2cccs2)cc1. The van der Waals surface area contributed by atoms with Crippen LogP contribution in [0, 0.1) is 0 Å². The van der Waals surface area contributed by atoms with E-state index < -0.39 is 9.84 Å². The van der Waals surface area contributed by atoms with Crippen LogP contribution in [0.3, 0.4) is 0 Å². The molecule has 0 amide bonds. The van der Waals surface area contributed by atoms with Gasteiger partial charge in [-0.3, -0.25) is 0 Å². The third-order valence-corrected chi connectivity index (χ3v) is 5.89. The van der Waals surface area contributed by atoms with E-state index >= 15 is 0 Å². The summed E-state index contributed by atoms with van der Waals surface area (Å²) in [5.41, 5.74) is 6.55. The first-order chi connectivity index (χ1) is 9.04. The average molecular weight is 334 g/mol. The Kier molecular flexibility index (Phi) is 6.16. The van der Waals surface area contributed by atoms with E-state index in [1.54, 1.807) is 41.8 Å². The lowest BCUT2D eigenvalue weighted by Gasteiger charge is -2.08. The van der Waals surface area contributed by atoms with Crippen LogP contribution < -0.4 is 5.73 Å². The summed E-state index contributed by atoms with van der Waals surface area (Å²) in [6.45, 7) is -0.0881. The zero-order valence-corrected chi connectivity index (χ0v) is 13.0. The van der Waals surface area contributed by atoms with Gasteiger partial charge in [0.1, 0.15) is 4.21 Å². The molecule has 4 nitrogen and oxygen atoms in total. The van der Waals surface area contributed by atoms with Crippen molar-refractivity contribution in [1.29, 1.82) is 0 Å². The maximum absolute atomic E-state index is 12.2. The van der Waals surface area contributed by atoms with Gasteiger partial charge in [-0.25, -0.2) is 8.42 Å². The summed E-state index contributed by atoms with van der Waals surface area (Å²) in [4.78, 5) is 0.274. The van der Waals surface area contributed by atoms with Crippen molar-refractivity contribution in [3.63, 3.8) is 0 Å². The van der Waals surface area contributed by atoms with Gasteiger partial charge in [-0.2, -0.15) is 0 Å². The van der Waals surface area contributed by atoms with Crippen molar-refractivity contribution >= 4 is 33.6 Å². The molecule has 2 rings (SSSR count). The molecule has 0 saturated carbocycles. The van der Waals surface area contributed by atoms with Crippen molar-refractivity contribution in [2.75, 3.05) is 6.61 Å². The fourth-order valence-electron chi connectivity index (χ4n) is 1.70. The van der Waals surface area contributed by atoms with Crippen LogP contribution >= 0.6 is 23.7 Å². The average Bonchev–Trinajstić information content (AvgIpc) is 2.94. The van der Waals surface area contributed by atoms with Gasteiger partial charge in [0.2, 0.25) is 9.84 Å². The van der Waals surface area contributed by atoms with Crippen molar-refractivity contribution in [3.8, 4) is 0 Å². The molecule has 0 aliphatic carbocycles. The van der Waals surface area contributed by atoms with E-state index in [4.69, 9.17) is 10.8 Å². The molecule has 2 aromatic rings. The van der Waals surface area contributed by atoms with Crippen LogP contribution in [0.15, 0.2) is 50.9 Å². The summed E-state index contributed by atoms with van der Waals surface area (Å²) in [6, 6.07) is 9.61.